The zero-order chi connectivity index (χ0) is 13.9. The first kappa shape index (κ1) is 11.0. The van der Waals surface area contributed by atoms with Crippen molar-refractivity contribution >= 4 is 27.3 Å². The van der Waals surface area contributed by atoms with Crippen LogP contribution in [0.2, 0.25) is 0 Å². The summed E-state index contributed by atoms with van der Waals surface area (Å²) in [4.78, 5) is 16.5. The fourth-order valence-corrected chi connectivity index (χ4v) is 2.82. The molecular formula is C15H10N2O3. The van der Waals surface area contributed by atoms with Gasteiger partial charge in [0.25, 0.3) is 5.56 Å². The summed E-state index contributed by atoms with van der Waals surface area (Å²) >= 11 is 0. The molecule has 0 spiro atoms. The van der Waals surface area contributed by atoms with E-state index in [4.69, 9.17) is 4.74 Å². The average molecular weight is 266 g/mol. The third-order valence-electron chi connectivity index (χ3n) is 3.61. The van der Waals surface area contributed by atoms with Crippen LogP contribution in [0.5, 0.6) is 11.5 Å². The molecule has 0 radical (unpaired) electrons. The van der Waals surface area contributed by atoms with Crippen LogP contribution in [0.25, 0.3) is 27.3 Å². The zero-order valence-corrected chi connectivity index (χ0v) is 10.6. The number of aromatic hydroxyl groups is 1. The molecule has 0 amide bonds. The minimum absolute atomic E-state index is 0.0528. The van der Waals surface area contributed by atoms with E-state index in [1.165, 1.54) is 19.2 Å². The van der Waals surface area contributed by atoms with Gasteiger partial charge >= 0.3 is 0 Å². The normalized spacial score (nSPS) is 11.7. The van der Waals surface area contributed by atoms with Crippen LogP contribution in [0, 0.1) is 0 Å². The van der Waals surface area contributed by atoms with Gasteiger partial charge in [0.1, 0.15) is 0 Å². The molecule has 0 bridgehead atoms. The van der Waals surface area contributed by atoms with Gasteiger partial charge in [-0.15, -0.1) is 0 Å². The second-order valence-corrected chi connectivity index (χ2v) is 4.61. The number of pyridine rings is 2. The summed E-state index contributed by atoms with van der Waals surface area (Å²) in [6.45, 7) is 0. The number of ether oxygens (including phenoxy) is 1. The first-order chi connectivity index (χ1) is 9.72. The smallest absolute Gasteiger partial charge is 0.255 e. The van der Waals surface area contributed by atoms with Crippen molar-refractivity contribution in [1.29, 1.82) is 0 Å². The topological polar surface area (TPSA) is 63.8 Å². The lowest BCUT2D eigenvalue weighted by Crippen LogP contribution is -2.10. The van der Waals surface area contributed by atoms with Crippen LogP contribution < -0.4 is 10.3 Å². The lowest BCUT2D eigenvalue weighted by atomic mass is 10.1. The number of benzene rings is 1. The van der Waals surface area contributed by atoms with Crippen LogP contribution in [0.4, 0.5) is 0 Å². The second kappa shape index (κ2) is 3.60. The first-order valence-electron chi connectivity index (χ1n) is 6.14. The van der Waals surface area contributed by atoms with Gasteiger partial charge in [0, 0.05) is 17.6 Å². The molecule has 20 heavy (non-hydrogen) atoms. The van der Waals surface area contributed by atoms with E-state index in [9.17, 15) is 9.90 Å². The maximum Gasteiger partial charge on any atom is 0.255 e. The molecule has 1 N–H and O–H groups in total. The summed E-state index contributed by atoms with van der Waals surface area (Å²) in [6, 6.07) is 8.27. The number of methoxy groups -OCH3 is 1. The summed E-state index contributed by atoms with van der Waals surface area (Å²) in [7, 11) is 1.50. The molecule has 0 atom stereocenters. The molecular weight excluding hydrogens is 256 g/mol. The monoisotopic (exact) mass is 266 g/mol. The van der Waals surface area contributed by atoms with Gasteiger partial charge in [-0.05, 0) is 24.3 Å². The second-order valence-electron chi connectivity index (χ2n) is 4.61. The van der Waals surface area contributed by atoms with Crippen molar-refractivity contribution in [3.05, 3.63) is 46.9 Å². The SMILES string of the molecule is COc1c(O)ccc2c1c1ccnc3ccc(=O)n2c31. The number of phenols is 1. The number of fused-ring (bicyclic) bond motifs is 3. The first-order valence-corrected chi connectivity index (χ1v) is 6.14. The Morgan fingerprint density at radius 2 is 2.05 bits per heavy atom. The summed E-state index contributed by atoms with van der Waals surface area (Å²) in [6.07, 6.45) is 1.69. The van der Waals surface area contributed by atoms with Crippen LogP contribution in [-0.4, -0.2) is 21.6 Å². The van der Waals surface area contributed by atoms with Crippen LogP contribution in [-0.2, 0) is 0 Å². The van der Waals surface area contributed by atoms with Crippen molar-refractivity contribution in [3.8, 4) is 11.5 Å². The van der Waals surface area contributed by atoms with Crippen LogP contribution in [0.3, 0.4) is 0 Å². The van der Waals surface area contributed by atoms with E-state index in [2.05, 4.69) is 4.98 Å². The maximum absolute atomic E-state index is 12.2. The van der Waals surface area contributed by atoms with Crippen LogP contribution in [0.15, 0.2) is 41.3 Å². The molecule has 0 fully saturated rings. The minimum Gasteiger partial charge on any atom is -0.504 e. The van der Waals surface area contributed by atoms with E-state index in [0.29, 0.717) is 11.3 Å². The molecule has 0 saturated carbocycles. The Morgan fingerprint density at radius 1 is 1.20 bits per heavy atom. The summed E-state index contributed by atoms with van der Waals surface area (Å²) in [5, 5.41) is 11.5. The fraction of sp³-hybridized carbons (Fsp3) is 0.0667. The Kier molecular flexibility index (Phi) is 1.99. The zero-order valence-electron chi connectivity index (χ0n) is 10.6. The molecule has 5 nitrogen and oxygen atoms in total. The van der Waals surface area contributed by atoms with E-state index < -0.39 is 0 Å². The van der Waals surface area contributed by atoms with Crippen LogP contribution in [0.1, 0.15) is 0 Å². The van der Waals surface area contributed by atoms with E-state index in [1.54, 1.807) is 22.7 Å². The molecule has 0 aliphatic heterocycles. The van der Waals surface area contributed by atoms with E-state index in [-0.39, 0.29) is 11.3 Å². The fourth-order valence-electron chi connectivity index (χ4n) is 2.82. The van der Waals surface area contributed by atoms with Gasteiger partial charge < -0.3 is 9.84 Å². The number of hydrogen-bond donors (Lipinski definition) is 1. The van der Waals surface area contributed by atoms with Crippen molar-refractivity contribution in [1.82, 2.24) is 9.38 Å². The molecule has 1 aromatic carbocycles. The third-order valence-corrected chi connectivity index (χ3v) is 3.61. The highest BCUT2D eigenvalue weighted by Crippen LogP contribution is 2.40. The molecule has 5 heteroatoms. The van der Waals surface area contributed by atoms with Crippen molar-refractivity contribution in [3.63, 3.8) is 0 Å². The quantitative estimate of drug-likeness (QED) is 0.573. The molecule has 3 heterocycles. The Balaban J connectivity index is 2.47. The lowest BCUT2D eigenvalue weighted by molar-refractivity contribution is 0.378. The molecule has 4 aromatic rings. The molecule has 0 aliphatic rings. The Hall–Kier alpha value is -2.82. The number of hydrogen-bond acceptors (Lipinski definition) is 4. The predicted molar refractivity (Wildman–Crippen MR) is 75.9 cm³/mol. The highest BCUT2D eigenvalue weighted by atomic mass is 16.5. The highest BCUT2D eigenvalue weighted by Gasteiger charge is 2.18. The molecule has 98 valence electrons. The standard InChI is InChI=1S/C15H10N2O3/c1-20-15-11(18)4-3-10-13(15)8-6-7-16-9-2-5-12(19)17(10)14(8)9/h2-7,18H,1H3. The third kappa shape index (κ3) is 1.17. The van der Waals surface area contributed by atoms with Crippen molar-refractivity contribution < 1.29 is 9.84 Å². The largest absolute Gasteiger partial charge is 0.504 e. The summed E-state index contributed by atoms with van der Waals surface area (Å²) in [5.41, 5.74) is 2.07. The van der Waals surface area contributed by atoms with Gasteiger partial charge in [-0.1, -0.05) is 0 Å². The van der Waals surface area contributed by atoms with Crippen molar-refractivity contribution in [2.24, 2.45) is 0 Å². The summed E-state index contributed by atoms with van der Waals surface area (Å²) in [5.74, 6) is 0.426. The van der Waals surface area contributed by atoms with Gasteiger partial charge in [0.15, 0.2) is 11.5 Å². The molecule has 3 aromatic heterocycles. The van der Waals surface area contributed by atoms with Gasteiger partial charge in [-0.25, -0.2) is 0 Å². The Bertz CT molecular complexity index is 1020. The Labute approximate surface area is 113 Å². The summed E-state index contributed by atoms with van der Waals surface area (Å²) < 4.78 is 6.91. The lowest BCUT2D eigenvalue weighted by Gasteiger charge is -2.04. The highest BCUT2D eigenvalue weighted by molar-refractivity contribution is 6.15. The molecule has 0 unspecified atom stereocenters. The molecule has 0 saturated heterocycles. The molecule has 4 rings (SSSR count). The van der Waals surface area contributed by atoms with Gasteiger partial charge in [0.2, 0.25) is 0 Å². The van der Waals surface area contributed by atoms with Gasteiger partial charge in [-0.3, -0.25) is 14.2 Å². The minimum atomic E-state index is -0.127. The maximum atomic E-state index is 12.2. The van der Waals surface area contributed by atoms with Crippen LogP contribution >= 0.6 is 0 Å². The molecule has 0 aliphatic carbocycles. The number of rotatable bonds is 1. The number of aromatic nitrogens is 2. The van der Waals surface area contributed by atoms with Gasteiger partial charge in [0.05, 0.1) is 29.0 Å². The average Bonchev–Trinajstić information content (AvgIpc) is 2.80. The number of nitrogens with zero attached hydrogens (tertiary/aromatic N) is 2. The van der Waals surface area contributed by atoms with Crippen molar-refractivity contribution in [2.45, 2.75) is 0 Å². The van der Waals surface area contributed by atoms with Gasteiger partial charge in [-0.2, -0.15) is 0 Å². The van der Waals surface area contributed by atoms with E-state index >= 15 is 0 Å². The van der Waals surface area contributed by atoms with E-state index in [0.717, 1.165) is 21.8 Å². The Morgan fingerprint density at radius 3 is 2.85 bits per heavy atom. The number of phenolic OH excluding ortho intramolecular Hbond substituents is 1. The van der Waals surface area contributed by atoms with Crippen molar-refractivity contribution in [2.75, 3.05) is 7.11 Å². The predicted octanol–water partition coefficient (Wildman–Crippen LogP) is 2.15. The van der Waals surface area contributed by atoms with E-state index in [1.807, 2.05) is 6.07 Å².